The summed E-state index contributed by atoms with van der Waals surface area (Å²) in [5, 5.41) is 11.3. The zero-order valence-corrected chi connectivity index (χ0v) is 15.5. The number of amides is 1. The molecule has 0 fully saturated rings. The van der Waals surface area contributed by atoms with E-state index in [1.165, 1.54) is 10.4 Å². The van der Waals surface area contributed by atoms with E-state index in [0.717, 1.165) is 22.8 Å². The summed E-state index contributed by atoms with van der Waals surface area (Å²) in [6, 6.07) is 15.2. The number of thiophene rings is 1. The van der Waals surface area contributed by atoms with Crippen molar-refractivity contribution in [1.82, 2.24) is 9.79 Å². The zero-order chi connectivity index (χ0) is 18.6. The largest absolute Gasteiger partial charge is 0.289 e. The molecule has 26 heavy (non-hydrogen) atoms. The van der Waals surface area contributed by atoms with E-state index in [0.29, 0.717) is 18.0 Å². The molecule has 0 aliphatic carbocycles. The molecule has 1 aliphatic heterocycles. The number of fused-ring (bicyclic) bond motifs is 2. The van der Waals surface area contributed by atoms with Crippen molar-refractivity contribution in [2.45, 2.75) is 17.9 Å². The Morgan fingerprint density at radius 1 is 1.12 bits per heavy atom. The second-order valence-electron chi connectivity index (χ2n) is 5.71. The predicted molar refractivity (Wildman–Crippen MR) is 101 cm³/mol. The average molecular weight is 390 g/mol. The van der Waals surface area contributed by atoms with Gasteiger partial charge in [-0.15, -0.1) is 11.3 Å². The van der Waals surface area contributed by atoms with Gasteiger partial charge in [0.25, 0.3) is 0 Å². The molecule has 2 N–H and O–H groups in total. The summed E-state index contributed by atoms with van der Waals surface area (Å²) in [5.41, 5.74) is 2.39. The first kappa shape index (κ1) is 18.5. The summed E-state index contributed by atoms with van der Waals surface area (Å²) >= 11 is 1.71. The van der Waals surface area contributed by atoms with Gasteiger partial charge in [-0.1, -0.05) is 30.3 Å². The smallest absolute Gasteiger partial charge is 0.243 e. The summed E-state index contributed by atoms with van der Waals surface area (Å²) in [7, 11) is -3.44. The Morgan fingerprint density at radius 3 is 2.58 bits per heavy atom. The van der Waals surface area contributed by atoms with Gasteiger partial charge in [0.1, 0.15) is 0 Å². The Morgan fingerprint density at radius 2 is 1.85 bits per heavy atom. The molecular weight excluding hydrogens is 372 g/mol. The number of carbonyl (C=O) groups is 1. The second-order valence-corrected chi connectivity index (χ2v) is 8.65. The molecule has 0 radical (unpaired) electrons. The van der Waals surface area contributed by atoms with Crippen LogP contribution < -0.4 is 5.48 Å². The third kappa shape index (κ3) is 3.78. The lowest BCUT2D eigenvalue weighted by atomic mass is 10.1. The molecule has 0 bridgehead atoms. The maximum absolute atomic E-state index is 12.9. The first-order chi connectivity index (χ1) is 12.6. The maximum Gasteiger partial charge on any atom is 0.243 e. The Hall–Kier alpha value is -2.26. The second kappa shape index (κ2) is 7.96. The number of hydroxylamine groups is 1. The van der Waals surface area contributed by atoms with Gasteiger partial charge in [0.15, 0.2) is 0 Å². The minimum Gasteiger partial charge on any atom is -0.289 e. The molecule has 2 aromatic carbocycles. The maximum atomic E-state index is 12.9. The van der Waals surface area contributed by atoms with Gasteiger partial charge in [0, 0.05) is 18.0 Å². The molecule has 4 rings (SSSR count). The van der Waals surface area contributed by atoms with Crippen LogP contribution in [0.25, 0.3) is 10.8 Å². The molecule has 3 aromatic rings. The van der Waals surface area contributed by atoms with E-state index < -0.39 is 10.0 Å². The van der Waals surface area contributed by atoms with E-state index >= 15 is 0 Å². The zero-order valence-electron chi connectivity index (χ0n) is 13.8. The van der Waals surface area contributed by atoms with Crippen LogP contribution in [0.4, 0.5) is 0 Å². The molecule has 0 unspecified atom stereocenters. The fourth-order valence-corrected chi connectivity index (χ4v) is 5.25. The molecule has 6 nitrogen and oxygen atoms in total. The number of carbonyl (C=O) groups excluding carboxylic acids is 1. The highest BCUT2D eigenvalue weighted by Crippen LogP contribution is 2.29. The number of nitrogens with one attached hydrogen (secondary N) is 1. The van der Waals surface area contributed by atoms with Crippen molar-refractivity contribution in [2.75, 3.05) is 6.54 Å². The molecule has 0 spiro atoms. The summed E-state index contributed by atoms with van der Waals surface area (Å²) in [4.78, 5) is 10.5. The first-order valence-corrected chi connectivity index (χ1v) is 10.3. The Balaban J connectivity index is 0.000000447. The van der Waals surface area contributed by atoms with Crippen LogP contribution in [0, 0.1) is 0 Å². The van der Waals surface area contributed by atoms with Crippen LogP contribution in [-0.2, 0) is 27.8 Å². The minimum absolute atomic E-state index is 0.181. The Labute approximate surface area is 155 Å². The van der Waals surface area contributed by atoms with Gasteiger partial charge >= 0.3 is 0 Å². The molecule has 0 saturated heterocycles. The molecule has 1 amide bonds. The van der Waals surface area contributed by atoms with Crippen LogP contribution in [0.5, 0.6) is 0 Å². The number of sulfonamides is 1. The number of rotatable bonds is 3. The number of nitrogens with zero attached hydrogens (tertiary/aromatic N) is 1. The van der Waals surface area contributed by atoms with Gasteiger partial charge < -0.3 is 0 Å². The van der Waals surface area contributed by atoms with Crippen molar-refractivity contribution >= 4 is 38.5 Å². The van der Waals surface area contributed by atoms with Gasteiger partial charge in [0.2, 0.25) is 16.4 Å². The Kier molecular flexibility index (Phi) is 5.67. The van der Waals surface area contributed by atoms with Gasteiger partial charge in [-0.05, 0) is 46.3 Å². The van der Waals surface area contributed by atoms with E-state index in [1.54, 1.807) is 27.8 Å². The number of benzene rings is 2. The molecule has 136 valence electrons. The lowest BCUT2D eigenvalue weighted by molar-refractivity contribution is -0.116. The molecule has 0 saturated carbocycles. The van der Waals surface area contributed by atoms with Crippen molar-refractivity contribution in [2.24, 2.45) is 0 Å². The van der Waals surface area contributed by atoms with Crippen LogP contribution in [0.1, 0.15) is 10.4 Å². The van der Waals surface area contributed by atoms with Gasteiger partial charge in [-0.3, -0.25) is 10.0 Å². The highest BCUT2D eigenvalue weighted by Gasteiger charge is 2.28. The van der Waals surface area contributed by atoms with Gasteiger partial charge in [-0.25, -0.2) is 13.9 Å². The first-order valence-electron chi connectivity index (χ1n) is 7.93. The fourth-order valence-electron chi connectivity index (χ4n) is 2.90. The monoisotopic (exact) mass is 390 g/mol. The van der Waals surface area contributed by atoms with Crippen LogP contribution in [0.2, 0.25) is 0 Å². The quantitative estimate of drug-likeness (QED) is 0.409. The molecular formula is C18H18N2O4S2. The lowest BCUT2D eigenvalue weighted by Crippen LogP contribution is -2.35. The van der Waals surface area contributed by atoms with Crippen molar-refractivity contribution in [1.29, 1.82) is 0 Å². The topological polar surface area (TPSA) is 86.7 Å². The van der Waals surface area contributed by atoms with Crippen molar-refractivity contribution in [3.05, 3.63) is 64.4 Å². The third-order valence-corrected chi connectivity index (χ3v) is 7.05. The van der Waals surface area contributed by atoms with Crippen LogP contribution >= 0.6 is 11.3 Å². The molecule has 0 atom stereocenters. The highest BCUT2D eigenvalue weighted by molar-refractivity contribution is 7.89. The fraction of sp³-hybridized carbons (Fsp3) is 0.167. The van der Waals surface area contributed by atoms with Crippen molar-refractivity contribution in [3.63, 3.8) is 0 Å². The Bertz CT molecular complexity index is 1010. The third-order valence-electron chi connectivity index (χ3n) is 4.18. The van der Waals surface area contributed by atoms with Crippen LogP contribution in [0.3, 0.4) is 0 Å². The molecule has 1 aliphatic rings. The summed E-state index contributed by atoms with van der Waals surface area (Å²) in [6.45, 7) is 1.04. The van der Waals surface area contributed by atoms with E-state index in [1.807, 2.05) is 41.8 Å². The normalized spacial score (nSPS) is 14.2. The average Bonchev–Trinajstić information content (AvgIpc) is 3.15. The highest BCUT2D eigenvalue weighted by atomic mass is 32.2. The van der Waals surface area contributed by atoms with E-state index in [2.05, 4.69) is 0 Å². The van der Waals surface area contributed by atoms with Crippen LogP contribution in [-0.4, -0.2) is 30.9 Å². The van der Waals surface area contributed by atoms with Gasteiger partial charge in [-0.2, -0.15) is 4.31 Å². The number of hydrogen-bond donors (Lipinski definition) is 2. The molecule has 8 heteroatoms. The molecule has 2 heterocycles. The van der Waals surface area contributed by atoms with E-state index in [4.69, 9.17) is 10.0 Å². The van der Waals surface area contributed by atoms with Crippen molar-refractivity contribution in [3.8, 4) is 0 Å². The predicted octanol–water partition coefficient (Wildman–Crippen LogP) is 2.77. The van der Waals surface area contributed by atoms with E-state index in [-0.39, 0.29) is 6.41 Å². The minimum atomic E-state index is -3.44. The number of hydrogen-bond acceptors (Lipinski definition) is 5. The summed E-state index contributed by atoms with van der Waals surface area (Å²) in [6.07, 6.45) is 0.986. The SMILES string of the molecule is O=CNO.O=S(=O)(c1ccc2ccccc2c1)N1CCc2sccc2C1. The summed E-state index contributed by atoms with van der Waals surface area (Å²) < 4.78 is 27.4. The standard InChI is InChI=1S/C17H15NO2S2.CH3NO2/c19-22(20,18-9-7-17-15(12-18)8-10-21-17)16-6-5-13-3-1-2-4-14(13)11-16;3-1-2-4/h1-6,8,10-11H,7,9,12H2;1,4H,(H,2,3). The molecule has 1 aromatic heterocycles. The van der Waals surface area contributed by atoms with E-state index in [9.17, 15) is 8.42 Å². The van der Waals surface area contributed by atoms with Gasteiger partial charge in [0.05, 0.1) is 4.90 Å². The van der Waals surface area contributed by atoms with Crippen LogP contribution in [0.15, 0.2) is 58.8 Å². The summed E-state index contributed by atoms with van der Waals surface area (Å²) in [5.74, 6) is 0. The van der Waals surface area contributed by atoms with Crippen molar-refractivity contribution < 1.29 is 18.4 Å². The lowest BCUT2D eigenvalue weighted by Gasteiger charge is -2.26.